The number of likely N-dealkylation sites (tertiary alicyclic amines) is 1. The first-order chi connectivity index (χ1) is 16.4. The number of carboxylic acids is 1. The third-order valence-electron chi connectivity index (χ3n) is 7.16. The fourth-order valence-electron chi connectivity index (χ4n) is 5.43. The van der Waals surface area contributed by atoms with Crippen molar-refractivity contribution in [3.63, 3.8) is 0 Å². The molecule has 2 unspecified atom stereocenters. The number of carbonyl (C=O) groups excluding carboxylic acids is 1. The van der Waals surface area contributed by atoms with Crippen LogP contribution in [0.1, 0.15) is 64.4 Å². The monoisotopic (exact) mass is 475 g/mol. The molecule has 2 aliphatic heterocycles. The number of aliphatic carboxylic acids is 1. The van der Waals surface area contributed by atoms with Crippen molar-refractivity contribution < 1.29 is 24.2 Å². The zero-order valence-corrected chi connectivity index (χ0v) is 20.9. The molecule has 34 heavy (non-hydrogen) atoms. The van der Waals surface area contributed by atoms with E-state index in [0.717, 1.165) is 37.7 Å². The zero-order chi connectivity index (χ0) is 24.7. The highest BCUT2D eigenvalue weighted by Gasteiger charge is 2.47. The van der Waals surface area contributed by atoms with Gasteiger partial charge in [-0.2, -0.15) is 0 Å². The van der Waals surface area contributed by atoms with Crippen molar-refractivity contribution in [3.8, 4) is 11.5 Å². The quantitative estimate of drug-likeness (QED) is 0.451. The van der Waals surface area contributed by atoms with Crippen LogP contribution in [0.25, 0.3) is 0 Å². The van der Waals surface area contributed by atoms with E-state index in [2.05, 4.69) is 25.7 Å². The molecule has 0 saturated carbocycles. The van der Waals surface area contributed by atoms with Gasteiger partial charge < -0.3 is 25.2 Å². The summed E-state index contributed by atoms with van der Waals surface area (Å²) >= 11 is 0. The highest BCUT2D eigenvalue weighted by atomic mass is 16.7. The molecule has 2 heterocycles. The number of nitrogens with two attached hydrogens (primary N) is 1. The number of amides is 1. The van der Waals surface area contributed by atoms with E-state index in [4.69, 9.17) is 15.2 Å². The predicted molar refractivity (Wildman–Crippen MR) is 131 cm³/mol. The fourth-order valence-corrected chi connectivity index (χ4v) is 5.43. The summed E-state index contributed by atoms with van der Waals surface area (Å²) in [5.41, 5.74) is 6.69. The van der Waals surface area contributed by atoms with Gasteiger partial charge in [-0.25, -0.2) is 0 Å². The highest BCUT2D eigenvalue weighted by molar-refractivity contribution is 5.79. The first-order valence-electron chi connectivity index (χ1n) is 12.7. The molecule has 3 rings (SSSR count). The van der Waals surface area contributed by atoms with Crippen LogP contribution in [-0.4, -0.2) is 72.3 Å². The Labute approximate surface area is 203 Å². The smallest absolute Gasteiger partial charge is 0.308 e. The van der Waals surface area contributed by atoms with Gasteiger partial charge in [-0.05, 0) is 36.5 Å². The second-order valence-corrected chi connectivity index (χ2v) is 9.73. The molecule has 3 N–H and O–H groups in total. The molecule has 8 nitrogen and oxygen atoms in total. The zero-order valence-electron chi connectivity index (χ0n) is 20.9. The summed E-state index contributed by atoms with van der Waals surface area (Å²) in [4.78, 5) is 29.8. The number of fused-ring (bicyclic) bond motifs is 1. The second-order valence-electron chi connectivity index (χ2n) is 9.73. The van der Waals surface area contributed by atoms with E-state index in [-0.39, 0.29) is 31.2 Å². The van der Waals surface area contributed by atoms with E-state index in [1.54, 1.807) is 0 Å². The van der Waals surface area contributed by atoms with Crippen LogP contribution in [-0.2, 0) is 9.59 Å². The minimum Gasteiger partial charge on any atom is -0.481 e. The van der Waals surface area contributed by atoms with Crippen LogP contribution < -0.4 is 15.2 Å². The van der Waals surface area contributed by atoms with Gasteiger partial charge in [0.2, 0.25) is 12.7 Å². The summed E-state index contributed by atoms with van der Waals surface area (Å²) in [5.74, 6) is 0.120. The van der Waals surface area contributed by atoms with E-state index in [9.17, 15) is 14.7 Å². The summed E-state index contributed by atoms with van der Waals surface area (Å²) in [7, 11) is 0. The van der Waals surface area contributed by atoms with Crippen LogP contribution in [0.3, 0.4) is 0 Å². The number of carbonyl (C=O) groups is 2. The molecule has 1 fully saturated rings. The molecule has 1 aromatic rings. The van der Waals surface area contributed by atoms with Gasteiger partial charge >= 0.3 is 5.97 Å². The van der Waals surface area contributed by atoms with Crippen LogP contribution in [0.4, 0.5) is 0 Å². The third-order valence-corrected chi connectivity index (χ3v) is 7.16. The number of carboxylic acid groups (broad SMARTS) is 1. The van der Waals surface area contributed by atoms with Gasteiger partial charge in [0.1, 0.15) is 0 Å². The molecule has 0 aliphatic carbocycles. The van der Waals surface area contributed by atoms with Gasteiger partial charge in [-0.15, -0.1) is 0 Å². The Hall–Kier alpha value is -2.32. The maximum absolute atomic E-state index is 13.3. The van der Waals surface area contributed by atoms with Crippen molar-refractivity contribution in [2.45, 2.75) is 64.8 Å². The summed E-state index contributed by atoms with van der Waals surface area (Å²) in [6.07, 6.45) is 4.78. The van der Waals surface area contributed by atoms with E-state index < -0.39 is 11.9 Å². The summed E-state index contributed by atoms with van der Waals surface area (Å²) < 4.78 is 11.0. The minimum atomic E-state index is -0.809. The molecule has 1 saturated heterocycles. The number of benzene rings is 1. The lowest BCUT2D eigenvalue weighted by atomic mass is 9.81. The summed E-state index contributed by atoms with van der Waals surface area (Å²) in [6, 6.07) is 5.49. The third kappa shape index (κ3) is 6.21. The molecule has 4 atom stereocenters. The Kier molecular flexibility index (Phi) is 9.59. The van der Waals surface area contributed by atoms with Crippen LogP contribution in [0, 0.1) is 11.8 Å². The normalized spacial score (nSPS) is 22.6. The lowest BCUT2D eigenvalue weighted by molar-refractivity contribution is -0.144. The van der Waals surface area contributed by atoms with Crippen molar-refractivity contribution in [1.82, 2.24) is 9.80 Å². The largest absolute Gasteiger partial charge is 0.481 e. The van der Waals surface area contributed by atoms with Crippen LogP contribution in [0.2, 0.25) is 0 Å². The number of rotatable bonds is 13. The van der Waals surface area contributed by atoms with Crippen LogP contribution >= 0.6 is 0 Å². The van der Waals surface area contributed by atoms with Crippen LogP contribution in [0.15, 0.2) is 18.2 Å². The molecule has 0 spiro atoms. The van der Waals surface area contributed by atoms with Gasteiger partial charge in [0, 0.05) is 38.1 Å². The molecule has 2 aliphatic rings. The average Bonchev–Trinajstić information content (AvgIpc) is 3.41. The molecule has 0 aromatic heterocycles. The Morgan fingerprint density at radius 3 is 2.65 bits per heavy atom. The number of unbranched alkanes of at least 4 members (excludes halogenated alkanes) is 1. The Morgan fingerprint density at radius 2 is 1.97 bits per heavy atom. The molecule has 190 valence electrons. The summed E-state index contributed by atoms with van der Waals surface area (Å²) in [6.45, 7) is 8.98. The van der Waals surface area contributed by atoms with E-state index in [1.807, 2.05) is 23.1 Å². The minimum absolute atomic E-state index is 0.0301. The Bertz CT molecular complexity index is 833. The summed E-state index contributed by atoms with van der Waals surface area (Å²) in [5, 5.41) is 10.3. The maximum Gasteiger partial charge on any atom is 0.308 e. The lowest BCUT2D eigenvalue weighted by Gasteiger charge is -2.31. The molecule has 1 amide bonds. The SMILES string of the molecule is CCCCN(CCN)C(=O)CN1C[C@H](c2ccc3c(c2)OCO3)C(C(=O)O)[C@@H]1CC(C)CCC. The first-order valence-corrected chi connectivity index (χ1v) is 12.7. The second kappa shape index (κ2) is 12.4. The number of nitrogens with zero attached hydrogens (tertiary/aromatic N) is 2. The fraction of sp³-hybridized carbons (Fsp3) is 0.692. The van der Waals surface area contributed by atoms with Crippen molar-refractivity contribution in [1.29, 1.82) is 0 Å². The molecule has 8 heteroatoms. The van der Waals surface area contributed by atoms with Gasteiger partial charge in [-0.1, -0.05) is 46.1 Å². The average molecular weight is 476 g/mol. The molecular weight excluding hydrogens is 434 g/mol. The van der Waals surface area contributed by atoms with Crippen molar-refractivity contribution >= 4 is 11.9 Å². The maximum atomic E-state index is 13.3. The van der Waals surface area contributed by atoms with Crippen molar-refractivity contribution in [2.75, 3.05) is 39.5 Å². The van der Waals surface area contributed by atoms with Gasteiger partial charge in [0.25, 0.3) is 0 Å². The lowest BCUT2D eigenvalue weighted by Crippen LogP contribution is -2.46. The predicted octanol–water partition coefficient (Wildman–Crippen LogP) is 3.30. The number of hydrogen-bond acceptors (Lipinski definition) is 6. The van der Waals surface area contributed by atoms with E-state index >= 15 is 0 Å². The van der Waals surface area contributed by atoms with Gasteiger partial charge in [0.05, 0.1) is 12.5 Å². The Balaban J connectivity index is 1.87. The van der Waals surface area contributed by atoms with E-state index in [1.165, 1.54) is 0 Å². The standard InChI is InChI=1S/C26H41N3O5/c1-4-6-11-28(12-10-27)24(30)16-29-15-20(19-8-9-22-23(14-19)34-17-33-22)25(26(31)32)21(29)13-18(3)7-5-2/h8-9,14,18,20-21,25H,4-7,10-13,15-17,27H2,1-3H3,(H,31,32)/t18?,20-,21+,25?/m1/s1. The Morgan fingerprint density at radius 1 is 1.21 bits per heavy atom. The molecule has 1 aromatic carbocycles. The molecule has 0 radical (unpaired) electrons. The van der Waals surface area contributed by atoms with Gasteiger partial charge in [0.15, 0.2) is 11.5 Å². The van der Waals surface area contributed by atoms with Crippen LogP contribution in [0.5, 0.6) is 11.5 Å². The highest BCUT2D eigenvalue weighted by Crippen LogP contribution is 2.43. The van der Waals surface area contributed by atoms with Crippen molar-refractivity contribution in [3.05, 3.63) is 23.8 Å². The molecular formula is C26H41N3O5. The topological polar surface area (TPSA) is 105 Å². The van der Waals surface area contributed by atoms with Gasteiger partial charge in [-0.3, -0.25) is 14.5 Å². The van der Waals surface area contributed by atoms with E-state index in [0.29, 0.717) is 43.6 Å². The number of ether oxygens (including phenoxy) is 2. The first kappa shape index (κ1) is 26.3. The molecule has 0 bridgehead atoms. The van der Waals surface area contributed by atoms with Crippen molar-refractivity contribution in [2.24, 2.45) is 17.6 Å². The number of hydrogen-bond donors (Lipinski definition) is 2.